The summed E-state index contributed by atoms with van der Waals surface area (Å²) in [7, 11) is 1.50. The molecule has 0 spiro atoms. The van der Waals surface area contributed by atoms with Crippen LogP contribution < -0.4 is 0 Å². The van der Waals surface area contributed by atoms with Gasteiger partial charge in [-0.3, -0.25) is 4.79 Å². The normalized spacial score (nSPS) is 12.5. The Kier molecular flexibility index (Phi) is 4.69. The van der Waals surface area contributed by atoms with Crippen LogP contribution in [0.3, 0.4) is 0 Å². The molecule has 0 aliphatic heterocycles. The van der Waals surface area contributed by atoms with Crippen LogP contribution in [0.4, 0.5) is 0 Å². The van der Waals surface area contributed by atoms with Gasteiger partial charge in [-0.25, -0.2) is 4.79 Å². The van der Waals surface area contributed by atoms with E-state index in [1.807, 2.05) is 13.8 Å². The van der Waals surface area contributed by atoms with E-state index >= 15 is 0 Å². The van der Waals surface area contributed by atoms with Crippen molar-refractivity contribution >= 4 is 11.9 Å². The van der Waals surface area contributed by atoms with Gasteiger partial charge in [-0.1, -0.05) is 19.0 Å². The number of carboxylic acids is 1. The number of likely N-dealkylation sites (N-methyl/N-ethyl adjacent to an activating group) is 1. The maximum atomic E-state index is 12.3. The molecule has 1 atom stereocenters. The van der Waals surface area contributed by atoms with Gasteiger partial charge in [0.05, 0.1) is 5.69 Å². The molecule has 0 aliphatic rings. The van der Waals surface area contributed by atoms with E-state index in [0.717, 1.165) is 0 Å². The number of aryl methyl sites for hydroxylation is 2. The number of carbonyl (C=O) groups excluding carboxylic acids is 1. The minimum atomic E-state index is -1.00. The monoisotopic (exact) mass is 268 g/mol. The fourth-order valence-electron chi connectivity index (χ4n) is 1.98. The summed E-state index contributed by atoms with van der Waals surface area (Å²) in [6.45, 7) is 7.14. The second kappa shape index (κ2) is 5.86. The summed E-state index contributed by atoms with van der Waals surface area (Å²) in [5.74, 6) is -0.787. The lowest BCUT2D eigenvalue weighted by molar-refractivity contribution is -0.142. The molecule has 0 fully saturated rings. The van der Waals surface area contributed by atoms with E-state index in [0.29, 0.717) is 23.4 Å². The van der Waals surface area contributed by atoms with E-state index in [2.05, 4.69) is 5.16 Å². The smallest absolute Gasteiger partial charge is 0.326 e. The molecule has 6 nitrogen and oxygen atoms in total. The molecular formula is C13H20N2O4. The van der Waals surface area contributed by atoms with Gasteiger partial charge in [-0.2, -0.15) is 0 Å². The molecule has 0 bridgehead atoms. The number of carbonyl (C=O) groups is 2. The van der Waals surface area contributed by atoms with Crippen molar-refractivity contribution in [2.24, 2.45) is 5.92 Å². The Labute approximate surface area is 112 Å². The molecule has 19 heavy (non-hydrogen) atoms. The molecule has 0 aliphatic carbocycles. The van der Waals surface area contributed by atoms with Crippen molar-refractivity contribution in [3.8, 4) is 0 Å². The number of hydrogen-bond acceptors (Lipinski definition) is 4. The Hall–Kier alpha value is -1.85. The van der Waals surface area contributed by atoms with Crippen LogP contribution in [0.1, 0.15) is 42.1 Å². The predicted octanol–water partition coefficient (Wildman–Crippen LogP) is 1.86. The Balaban J connectivity index is 3.00. The van der Waals surface area contributed by atoms with Gasteiger partial charge in [0.2, 0.25) is 0 Å². The van der Waals surface area contributed by atoms with Gasteiger partial charge in [0.1, 0.15) is 17.4 Å². The number of rotatable bonds is 5. The molecule has 0 saturated heterocycles. The van der Waals surface area contributed by atoms with Crippen LogP contribution in [0.5, 0.6) is 0 Å². The van der Waals surface area contributed by atoms with Crippen molar-refractivity contribution in [2.75, 3.05) is 7.05 Å². The number of carboxylic acid groups (broad SMARTS) is 1. The molecule has 1 rings (SSSR count). The predicted molar refractivity (Wildman–Crippen MR) is 68.9 cm³/mol. The zero-order valence-corrected chi connectivity index (χ0v) is 11.9. The quantitative estimate of drug-likeness (QED) is 0.881. The number of amides is 1. The highest BCUT2D eigenvalue weighted by atomic mass is 16.5. The molecule has 1 N–H and O–H groups in total. The van der Waals surface area contributed by atoms with Gasteiger partial charge in [0.25, 0.3) is 5.91 Å². The van der Waals surface area contributed by atoms with Crippen molar-refractivity contribution in [3.05, 3.63) is 17.0 Å². The maximum absolute atomic E-state index is 12.3. The third-order valence-electron chi connectivity index (χ3n) is 3.01. The van der Waals surface area contributed by atoms with Crippen LogP contribution in [0.15, 0.2) is 4.52 Å². The highest BCUT2D eigenvalue weighted by Crippen LogP contribution is 2.18. The summed E-state index contributed by atoms with van der Waals surface area (Å²) in [5.41, 5.74) is 0.820. The minimum Gasteiger partial charge on any atom is -0.480 e. The fourth-order valence-corrected chi connectivity index (χ4v) is 1.98. The average molecular weight is 268 g/mol. The van der Waals surface area contributed by atoms with Crippen LogP contribution in [-0.4, -0.2) is 40.1 Å². The second-order valence-electron chi connectivity index (χ2n) is 5.10. The number of hydrogen-bond donors (Lipinski definition) is 1. The van der Waals surface area contributed by atoms with Gasteiger partial charge < -0.3 is 14.5 Å². The molecule has 106 valence electrons. The van der Waals surface area contributed by atoms with Crippen LogP contribution in [-0.2, 0) is 4.79 Å². The lowest BCUT2D eigenvalue weighted by atomic mass is 10.0. The van der Waals surface area contributed by atoms with Crippen molar-refractivity contribution in [3.63, 3.8) is 0 Å². The minimum absolute atomic E-state index is 0.181. The molecule has 1 amide bonds. The maximum Gasteiger partial charge on any atom is 0.326 e. The SMILES string of the molecule is Cc1noc(C)c1C(=O)N(C)C(CC(C)C)C(=O)O. The molecule has 1 aromatic rings. The average Bonchev–Trinajstić information content (AvgIpc) is 2.63. The lowest BCUT2D eigenvalue weighted by Gasteiger charge is -2.26. The van der Waals surface area contributed by atoms with E-state index in [-0.39, 0.29) is 11.8 Å². The molecule has 6 heteroatoms. The number of nitrogens with zero attached hydrogens (tertiary/aromatic N) is 2. The second-order valence-corrected chi connectivity index (χ2v) is 5.10. The van der Waals surface area contributed by atoms with E-state index in [4.69, 9.17) is 4.52 Å². The largest absolute Gasteiger partial charge is 0.480 e. The van der Waals surface area contributed by atoms with E-state index < -0.39 is 12.0 Å². The molecule has 0 radical (unpaired) electrons. The Morgan fingerprint density at radius 3 is 2.32 bits per heavy atom. The molecule has 1 aromatic heterocycles. The Morgan fingerprint density at radius 2 is 1.95 bits per heavy atom. The van der Waals surface area contributed by atoms with Crippen molar-refractivity contribution in [1.29, 1.82) is 0 Å². The van der Waals surface area contributed by atoms with Crippen LogP contribution in [0.2, 0.25) is 0 Å². The van der Waals surface area contributed by atoms with Crippen molar-refractivity contribution in [2.45, 2.75) is 40.2 Å². The Bertz CT molecular complexity index is 459. The van der Waals surface area contributed by atoms with Crippen molar-refractivity contribution in [1.82, 2.24) is 10.1 Å². The van der Waals surface area contributed by atoms with Crippen LogP contribution >= 0.6 is 0 Å². The zero-order chi connectivity index (χ0) is 14.7. The first kappa shape index (κ1) is 15.2. The summed E-state index contributed by atoms with van der Waals surface area (Å²) in [5, 5.41) is 13.0. The summed E-state index contributed by atoms with van der Waals surface area (Å²) in [6.07, 6.45) is 0.404. The topological polar surface area (TPSA) is 83.6 Å². The zero-order valence-electron chi connectivity index (χ0n) is 11.9. The number of aliphatic carboxylic acids is 1. The summed E-state index contributed by atoms with van der Waals surface area (Å²) in [6, 6.07) is -0.846. The number of aromatic nitrogens is 1. The van der Waals surface area contributed by atoms with Crippen molar-refractivity contribution < 1.29 is 19.2 Å². The van der Waals surface area contributed by atoms with Crippen LogP contribution in [0, 0.1) is 19.8 Å². The highest BCUT2D eigenvalue weighted by molar-refractivity contribution is 5.98. The third-order valence-corrected chi connectivity index (χ3v) is 3.01. The molecule has 1 heterocycles. The summed E-state index contributed by atoms with van der Waals surface area (Å²) in [4.78, 5) is 24.9. The first-order chi connectivity index (χ1) is 8.75. The van der Waals surface area contributed by atoms with E-state index in [1.165, 1.54) is 11.9 Å². The van der Waals surface area contributed by atoms with E-state index in [1.54, 1.807) is 13.8 Å². The van der Waals surface area contributed by atoms with Gasteiger partial charge in [-0.05, 0) is 26.2 Å². The van der Waals surface area contributed by atoms with Gasteiger partial charge >= 0.3 is 5.97 Å². The fraction of sp³-hybridized carbons (Fsp3) is 0.615. The Morgan fingerprint density at radius 1 is 1.37 bits per heavy atom. The summed E-state index contributed by atoms with van der Waals surface area (Å²) < 4.78 is 4.94. The first-order valence-corrected chi connectivity index (χ1v) is 6.18. The molecule has 1 unspecified atom stereocenters. The standard InChI is InChI=1S/C13H20N2O4/c1-7(2)6-10(13(17)18)15(5)12(16)11-8(3)14-19-9(11)4/h7,10H,6H2,1-5H3,(H,17,18). The van der Waals surface area contributed by atoms with E-state index in [9.17, 15) is 14.7 Å². The lowest BCUT2D eigenvalue weighted by Crippen LogP contribution is -2.43. The van der Waals surface area contributed by atoms with Crippen LogP contribution in [0.25, 0.3) is 0 Å². The van der Waals surface area contributed by atoms with Gasteiger partial charge in [0.15, 0.2) is 0 Å². The summed E-state index contributed by atoms with van der Waals surface area (Å²) >= 11 is 0. The molecular weight excluding hydrogens is 248 g/mol. The molecule has 0 saturated carbocycles. The molecule has 0 aromatic carbocycles. The first-order valence-electron chi connectivity index (χ1n) is 6.18. The van der Waals surface area contributed by atoms with Gasteiger partial charge in [0, 0.05) is 7.05 Å². The third kappa shape index (κ3) is 3.33. The highest BCUT2D eigenvalue weighted by Gasteiger charge is 2.30. The van der Waals surface area contributed by atoms with Gasteiger partial charge in [-0.15, -0.1) is 0 Å².